The number of hydrogen-bond donors (Lipinski definition) is 2. The number of benzene rings is 2. The summed E-state index contributed by atoms with van der Waals surface area (Å²) >= 11 is 1.41. The Bertz CT molecular complexity index is 1030. The lowest BCUT2D eigenvalue weighted by Gasteiger charge is -2.21. The second-order valence-electron chi connectivity index (χ2n) is 6.33. The van der Waals surface area contributed by atoms with Gasteiger partial charge >= 0.3 is 0 Å². The van der Waals surface area contributed by atoms with Crippen molar-refractivity contribution in [3.63, 3.8) is 0 Å². The number of amidine groups is 1. The van der Waals surface area contributed by atoms with Crippen molar-refractivity contribution in [2.75, 3.05) is 0 Å². The molecule has 1 atom stereocenters. The zero-order chi connectivity index (χ0) is 19.0. The molecule has 1 aliphatic rings. The highest BCUT2D eigenvalue weighted by molar-refractivity contribution is 8.14. The number of thioether (sulfide) groups is 1. The number of nitrogens with two attached hydrogens (primary N) is 1. The van der Waals surface area contributed by atoms with Gasteiger partial charge in [0.2, 0.25) is 0 Å². The number of hydrogen-bond acceptors (Lipinski definition) is 6. The minimum atomic E-state index is -0.154. The van der Waals surface area contributed by atoms with Gasteiger partial charge in [0.25, 0.3) is 5.91 Å². The Balaban J connectivity index is 1.74. The summed E-state index contributed by atoms with van der Waals surface area (Å²) in [5, 5.41) is 14.3. The molecule has 0 saturated carbocycles. The SMILES string of the molecule is Cc1nn(C(=O)Cc2ccccc2)c2c1[C@H](c1ccc(O)cc1)SC(N)=N2. The molecule has 3 N–H and O–H groups in total. The first-order valence-electron chi connectivity index (χ1n) is 8.49. The molecule has 2 heterocycles. The van der Waals surface area contributed by atoms with Crippen LogP contribution in [-0.4, -0.2) is 26.0 Å². The molecule has 1 aromatic heterocycles. The first-order chi connectivity index (χ1) is 13.0. The van der Waals surface area contributed by atoms with Gasteiger partial charge in [-0.15, -0.1) is 0 Å². The number of aromatic nitrogens is 2. The molecule has 0 aliphatic carbocycles. The highest BCUT2D eigenvalue weighted by atomic mass is 32.2. The Morgan fingerprint density at radius 2 is 1.89 bits per heavy atom. The predicted octanol–water partition coefficient (Wildman–Crippen LogP) is 3.56. The van der Waals surface area contributed by atoms with Crippen LogP contribution in [0.4, 0.5) is 5.82 Å². The number of aromatic hydroxyl groups is 1. The molecule has 136 valence electrons. The molecule has 6 nitrogen and oxygen atoms in total. The summed E-state index contributed by atoms with van der Waals surface area (Å²) in [5.41, 5.74) is 9.56. The topological polar surface area (TPSA) is 93.5 Å². The van der Waals surface area contributed by atoms with Crippen molar-refractivity contribution in [1.29, 1.82) is 0 Å². The van der Waals surface area contributed by atoms with Crippen molar-refractivity contribution in [3.8, 4) is 5.75 Å². The number of aliphatic imine (C=N–C) groups is 1. The first-order valence-corrected chi connectivity index (χ1v) is 9.37. The monoisotopic (exact) mass is 378 g/mol. The number of nitrogens with zero attached hydrogens (tertiary/aromatic N) is 3. The van der Waals surface area contributed by atoms with E-state index in [9.17, 15) is 9.90 Å². The molecule has 0 spiro atoms. The Labute approximate surface area is 160 Å². The Morgan fingerprint density at radius 3 is 2.59 bits per heavy atom. The van der Waals surface area contributed by atoms with Gasteiger partial charge in [-0.2, -0.15) is 9.78 Å². The van der Waals surface area contributed by atoms with Crippen LogP contribution >= 0.6 is 11.8 Å². The van der Waals surface area contributed by atoms with E-state index in [2.05, 4.69) is 10.1 Å². The Morgan fingerprint density at radius 1 is 1.19 bits per heavy atom. The van der Waals surface area contributed by atoms with E-state index in [0.717, 1.165) is 22.4 Å². The predicted molar refractivity (Wildman–Crippen MR) is 107 cm³/mol. The molecule has 3 aromatic rings. The van der Waals surface area contributed by atoms with Crippen LogP contribution in [0.25, 0.3) is 0 Å². The molecule has 0 saturated heterocycles. The number of carbonyl (C=O) groups is 1. The Hall–Kier alpha value is -3.06. The molecule has 0 bridgehead atoms. The zero-order valence-electron chi connectivity index (χ0n) is 14.7. The largest absolute Gasteiger partial charge is 0.508 e. The fourth-order valence-corrected chi connectivity index (χ4v) is 4.22. The van der Waals surface area contributed by atoms with E-state index in [0.29, 0.717) is 11.0 Å². The summed E-state index contributed by atoms with van der Waals surface area (Å²) in [7, 11) is 0. The van der Waals surface area contributed by atoms with Crippen LogP contribution in [0.2, 0.25) is 0 Å². The first kappa shape index (κ1) is 17.4. The summed E-state index contributed by atoms with van der Waals surface area (Å²) in [6, 6.07) is 16.5. The fraction of sp³-hybridized carbons (Fsp3) is 0.150. The van der Waals surface area contributed by atoms with Gasteiger partial charge in [-0.1, -0.05) is 54.2 Å². The summed E-state index contributed by atoms with van der Waals surface area (Å²) in [5.74, 6) is 0.535. The summed E-state index contributed by atoms with van der Waals surface area (Å²) in [6.07, 6.45) is 0.237. The third-order valence-corrected chi connectivity index (χ3v) is 5.50. The van der Waals surface area contributed by atoms with Crippen LogP contribution in [0.15, 0.2) is 59.6 Å². The van der Waals surface area contributed by atoms with E-state index < -0.39 is 0 Å². The van der Waals surface area contributed by atoms with Crippen LogP contribution in [0, 0.1) is 6.92 Å². The molecule has 27 heavy (non-hydrogen) atoms. The van der Waals surface area contributed by atoms with Gasteiger partial charge in [0.1, 0.15) is 5.75 Å². The number of phenols is 1. The number of rotatable bonds is 3. The van der Waals surface area contributed by atoms with E-state index in [4.69, 9.17) is 5.73 Å². The van der Waals surface area contributed by atoms with E-state index in [1.165, 1.54) is 16.4 Å². The van der Waals surface area contributed by atoms with Gasteiger partial charge in [0.05, 0.1) is 17.4 Å². The number of fused-ring (bicyclic) bond motifs is 1. The van der Waals surface area contributed by atoms with Crippen LogP contribution in [0.1, 0.15) is 32.4 Å². The maximum absolute atomic E-state index is 12.8. The number of phenolic OH excluding ortho intramolecular Hbond substituents is 1. The second-order valence-corrected chi connectivity index (χ2v) is 7.46. The Kier molecular flexibility index (Phi) is 4.45. The van der Waals surface area contributed by atoms with E-state index in [-0.39, 0.29) is 23.3 Å². The average Bonchev–Trinajstić information content (AvgIpc) is 2.99. The minimum Gasteiger partial charge on any atom is -0.508 e. The molecule has 1 aliphatic heterocycles. The van der Waals surface area contributed by atoms with Gasteiger partial charge in [0.15, 0.2) is 11.0 Å². The van der Waals surface area contributed by atoms with Crippen LogP contribution in [-0.2, 0) is 6.42 Å². The van der Waals surface area contributed by atoms with Crippen molar-refractivity contribution < 1.29 is 9.90 Å². The van der Waals surface area contributed by atoms with Crippen molar-refractivity contribution in [3.05, 3.63) is 77.0 Å². The summed E-state index contributed by atoms with van der Waals surface area (Å²) < 4.78 is 1.36. The fourth-order valence-electron chi connectivity index (χ4n) is 3.16. The van der Waals surface area contributed by atoms with Crippen LogP contribution in [0.3, 0.4) is 0 Å². The van der Waals surface area contributed by atoms with Crippen molar-refractivity contribution in [1.82, 2.24) is 9.78 Å². The molecular formula is C20H18N4O2S. The highest BCUT2D eigenvalue weighted by Gasteiger charge is 2.31. The quantitative estimate of drug-likeness (QED) is 0.727. The van der Waals surface area contributed by atoms with Gasteiger partial charge < -0.3 is 10.8 Å². The summed E-state index contributed by atoms with van der Waals surface area (Å²) in [6.45, 7) is 1.87. The molecule has 0 unspecified atom stereocenters. The molecule has 2 aromatic carbocycles. The molecule has 0 amide bonds. The lowest BCUT2D eigenvalue weighted by Crippen LogP contribution is -2.18. The van der Waals surface area contributed by atoms with Gasteiger partial charge in [0, 0.05) is 5.56 Å². The third kappa shape index (κ3) is 3.33. The van der Waals surface area contributed by atoms with Crippen LogP contribution < -0.4 is 5.73 Å². The molecule has 7 heteroatoms. The molecule has 0 fully saturated rings. The zero-order valence-corrected chi connectivity index (χ0v) is 15.5. The van der Waals surface area contributed by atoms with Crippen molar-refractivity contribution in [2.24, 2.45) is 10.7 Å². The van der Waals surface area contributed by atoms with Gasteiger partial charge in [-0.25, -0.2) is 4.99 Å². The smallest absolute Gasteiger partial charge is 0.253 e. The van der Waals surface area contributed by atoms with Gasteiger partial charge in [-0.3, -0.25) is 4.79 Å². The molecular weight excluding hydrogens is 360 g/mol. The molecule has 0 radical (unpaired) electrons. The van der Waals surface area contributed by atoms with E-state index >= 15 is 0 Å². The van der Waals surface area contributed by atoms with Crippen molar-refractivity contribution >= 4 is 28.7 Å². The maximum Gasteiger partial charge on any atom is 0.253 e. The highest BCUT2D eigenvalue weighted by Crippen LogP contribution is 2.46. The second kappa shape index (κ2) is 6.92. The third-order valence-electron chi connectivity index (χ3n) is 4.43. The van der Waals surface area contributed by atoms with Gasteiger partial charge in [-0.05, 0) is 30.2 Å². The molecule has 4 rings (SSSR count). The number of carbonyl (C=O) groups excluding carboxylic acids is 1. The lowest BCUT2D eigenvalue weighted by atomic mass is 10.0. The number of aryl methyl sites for hydroxylation is 1. The summed E-state index contributed by atoms with van der Waals surface area (Å²) in [4.78, 5) is 17.3. The van der Waals surface area contributed by atoms with Crippen molar-refractivity contribution in [2.45, 2.75) is 18.6 Å². The van der Waals surface area contributed by atoms with E-state index in [1.54, 1.807) is 12.1 Å². The maximum atomic E-state index is 12.8. The normalized spacial score (nSPS) is 15.9. The standard InChI is InChI=1S/C20H18N4O2S/c1-12-17-18(14-7-9-15(25)10-8-14)27-20(21)22-19(17)24(23-12)16(26)11-13-5-3-2-4-6-13/h2-10,18,25H,11H2,1H3,(H2,21,22)/t18-/m0/s1. The minimum absolute atomic E-state index is 0.128. The lowest BCUT2D eigenvalue weighted by molar-refractivity contribution is 0.0900. The van der Waals surface area contributed by atoms with E-state index in [1.807, 2.05) is 49.4 Å². The average molecular weight is 378 g/mol. The van der Waals surface area contributed by atoms with Crippen LogP contribution in [0.5, 0.6) is 5.75 Å².